The predicted molar refractivity (Wildman–Crippen MR) is 109 cm³/mol. The second kappa shape index (κ2) is 9.62. The van der Waals surface area contributed by atoms with Gasteiger partial charge in [0, 0.05) is 18.2 Å². The molecule has 1 aliphatic heterocycles. The average molecular weight is 433 g/mol. The molecular weight excluding hydrogens is 410 g/mol. The van der Waals surface area contributed by atoms with Crippen LogP contribution in [0.15, 0.2) is 47.4 Å². The fraction of sp³-hybridized carbons (Fsp3) is 0.333. The number of ether oxygens (including phenoxy) is 3. The third-order valence-electron chi connectivity index (χ3n) is 4.35. The Bertz CT molecular complexity index is 1020. The highest BCUT2D eigenvalue weighted by Crippen LogP contribution is 2.32. The zero-order valence-electron chi connectivity index (χ0n) is 16.6. The Morgan fingerprint density at radius 2 is 1.73 bits per heavy atom. The number of sulfone groups is 1. The summed E-state index contributed by atoms with van der Waals surface area (Å²) in [6.45, 7) is 2.42. The summed E-state index contributed by atoms with van der Waals surface area (Å²) in [5, 5.41) is 2.60. The molecule has 9 heteroatoms. The Kier molecular flexibility index (Phi) is 6.94. The smallest absolute Gasteiger partial charge is 0.307 e. The van der Waals surface area contributed by atoms with E-state index in [1.165, 1.54) is 12.1 Å². The van der Waals surface area contributed by atoms with Crippen molar-refractivity contribution in [2.24, 2.45) is 0 Å². The Labute approximate surface area is 175 Å². The molecule has 1 heterocycles. The van der Waals surface area contributed by atoms with E-state index in [-0.39, 0.29) is 11.3 Å². The molecule has 0 saturated heterocycles. The van der Waals surface area contributed by atoms with Gasteiger partial charge in [-0.3, -0.25) is 9.59 Å². The van der Waals surface area contributed by atoms with Gasteiger partial charge in [-0.05, 0) is 31.2 Å². The number of anilines is 1. The molecule has 0 fully saturated rings. The van der Waals surface area contributed by atoms with E-state index >= 15 is 0 Å². The van der Waals surface area contributed by atoms with Gasteiger partial charge in [0.25, 0.3) is 5.91 Å². The van der Waals surface area contributed by atoms with Crippen LogP contribution in [0.4, 0.5) is 5.69 Å². The zero-order valence-corrected chi connectivity index (χ0v) is 17.4. The number of benzene rings is 2. The summed E-state index contributed by atoms with van der Waals surface area (Å²) >= 11 is 0. The molecule has 1 aliphatic rings. The van der Waals surface area contributed by atoms with Gasteiger partial charge in [-0.25, -0.2) is 8.42 Å². The summed E-state index contributed by atoms with van der Waals surface area (Å²) < 4.78 is 40.5. The lowest BCUT2D eigenvalue weighted by molar-refractivity contribution is -0.146. The Morgan fingerprint density at radius 3 is 2.47 bits per heavy atom. The van der Waals surface area contributed by atoms with E-state index in [2.05, 4.69) is 5.32 Å². The second-order valence-electron chi connectivity index (χ2n) is 6.80. The van der Waals surface area contributed by atoms with Gasteiger partial charge in [0.15, 0.2) is 27.9 Å². The van der Waals surface area contributed by atoms with Crippen LogP contribution in [0.3, 0.4) is 0 Å². The fourth-order valence-electron chi connectivity index (χ4n) is 2.74. The van der Waals surface area contributed by atoms with Crippen molar-refractivity contribution < 1.29 is 32.2 Å². The molecule has 0 bridgehead atoms. The molecule has 0 aromatic heterocycles. The number of aryl methyl sites for hydroxylation is 1. The van der Waals surface area contributed by atoms with Gasteiger partial charge in [-0.15, -0.1) is 0 Å². The first kappa shape index (κ1) is 21.6. The topological polar surface area (TPSA) is 108 Å². The number of hydrogen-bond donors (Lipinski definition) is 1. The Morgan fingerprint density at radius 1 is 1.03 bits per heavy atom. The van der Waals surface area contributed by atoms with Crippen molar-refractivity contribution >= 4 is 27.4 Å². The molecule has 0 saturated carbocycles. The monoisotopic (exact) mass is 433 g/mol. The van der Waals surface area contributed by atoms with E-state index in [9.17, 15) is 18.0 Å². The molecule has 0 spiro atoms. The SMILES string of the molecule is Cc1ccc(S(=O)(=O)CCC(=O)OCC(=O)Nc2ccc3c(c2)OCCCO3)cc1. The van der Waals surface area contributed by atoms with Crippen LogP contribution in [0.2, 0.25) is 0 Å². The maximum Gasteiger partial charge on any atom is 0.307 e. The largest absolute Gasteiger partial charge is 0.490 e. The maximum absolute atomic E-state index is 12.3. The molecule has 8 nitrogen and oxygen atoms in total. The van der Waals surface area contributed by atoms with E-state index in [1.54, 1.807) is 30.3 Å². The van der Waals surface area contributed by atoms with Crippen LogP contribution in [0.1, 0.15) is 18.4 Å². The normalized spacial score (nSPS) is 13.2. The molecule has 3 rings (SSSR count). The summed E-state index contributed by atoms with van der Waals surface area (Å²) in [4.78, 5) is 24.0. The van der Waals surface area contributed by atoms with Gasteiger partial charge in [0.1, 0.15) is 0 Å². The number of amides is 1. The van der Waals surface area contributed by atoms with Crippen molar-refractivity contribution in [3.63, 3.8) is 0 Å². The summed E-state index contributed by atoms with van der Waals surface area (Å²) in [7, 11) is -3.60. The van der Waals surface area contributed by atoms with Gasteiger partial charge in [0.05, 0.1) is 30.3 Å². The number of rotatable bonds is 7. The van der Waals surface area contributed by atoms with E-state index in [4.69, 9.17) is 14.2 Å². The summed E-state index contributed by atoms with van der Waals surface area (Å²) in [6, 6.07) is 11.4. The number of hydrogen-bond acceptors (Lipinski definition) is 7. The quantitative estimate of drug-likeness (QED) is 0.669. The van der Waals surface area contributed by atoms with Crippen LogP contribution in [0.25, 0.3) is 0 Å². The lowest BCUT2D eigenvalue weighted by atomic mass is 10.2. The first-order valence-corrected chi connectivity index (χ1v) is 11.1. The second-order valence-corrected chi connectivity index (χ2v) is 8.91. The summed E-state index contributed by atoms with van der Waals surface area (Å²) in [6.07, 6.45) is 0.430. The molecular formula is C21H23NO7S. The van der Waals surface area contributed by atoms with Crippen molar-refractivity contribution in [2.45, 2.75) is 24.7 Å². The molecule has 0 radical (unpaired) electrons. The van der Waals surface area contributed by atoms with Crippen molar-refractivity contribution in [1.29, 1.82) is 0 Å². The number of esters is 1. The van der Waals surface area contributed by atoms with Crippen LogP contribution >= 0.6 is 0 Å². The molecule has 0 atom stereocenters. The number of fused-ring (bicyclic) bond motifs is 1. The number of carbonyl (C=O) groups excluding carboxylic acids is 2. The first-order valence-electron chi connectivity index (χ1n) is 9.48. The average Bonchev–Trinajstić information content (AvgIpc) is 2.96. The van der Waals surface area contributed by atoms with E-state index < -0.39 is 34.1 Å². The molecule has 160 valence electrons. The lowest BCUT2D eigenvalue weighted by Gasteiger charge is -2.11. The number of nitrogens with one attached hydrogen (secondary N) is 1. The third-order valence-corrected chi connectivity index (χ3v) is 6.08. The molecule has 1 amide bonds. The minimum Gasteiger partial charge on any atom is -0.490 e. The Hall–Kier alpha value is -3.07. The van der Waals surface area contributed by atoms with Crippen LogP contribution in [0, 0.1) is 6.92 Å². The van der Waals surface area contributed by atoms with Gasteiger partial charge < -0.3 is 19.5 Å². The zero-order chi connectivity index (χ0) is 21.6. The molecule has 2 aromatic rings. The third kappa shape index (κ3) is 5.96. The van der Waals surface area contributed by atoms with Gasteiger partial charge in [-0.2, -0.15) is 0 Å². The van der Waals surface area contributed by atoms with Crippen LogP contribution in [0.5, 0.6) is 11.5 Å². The van der Waals surface area contributed by atoms with Crippen LogP contribution in [-0.2, 0) is 24.2 Å². The van der Waals surface area contributed by atoms with Gasteiger partial charge >= 0.3 is 5.97 Å². The molecule has 0 aliphatic carbocycles. The fourth-order valence-corrected chi connectivity index (χ4v) is 3.96. The minimum atomic E-state index is -3.60. The van der Waals surface area contributed by atoms with Crippen LogP contribution in [-0.4, -0.2) is 45.9 Å². The maximum atomic E-state index is 12.3. The molecule has 30 heavy (non-hydrogen) atoms. The highest BCUT2D eigenvalue weighted by molar-refractivity contribution is 7.91. The van der Waals surface area contributed by atoms with E-state index in [1.807, 2.05) is 6.92 Å². The predicted octanol–water partition coefficient (Wildman–Crippen LogP) is 2.50. The Balaban J connectivity index is 1.46. The van der Waals surface area contributed by atoms with Crippen molar-refractivity contribution in [2.75, 3.05) is 30.9 Å². The summed E-state index contributed by atoms with van der Waals surface area (Å²) in [5.41, 5.74) is 1.41. The summed E-state index contributed by atoms with van der Waals surface area (Å²) in [5.74, 6) is -0.562. The lowest BCUT2D eigenvalue weighted by Crippen LogP contribution is -2.22. The van der Waals surface area contributed by atoms with Crippen molar-refractivity contribution in [1.82, 2.24) is 0 Å². The number of carbonyl (C=O) groups is 2. The first-order chi connectivity index (χ1) is 14.3. The molecule has 1 N–H and O–H groups in total. The van der Waals surface area contributed by atoms with E-state index in [0.29, 0.717) is 30.4 Å². The molecule has 0 unspecified atom stereocenters. The van der Waals surface area contributed by atoms with Gasteiger partial charge in [-0.1, -0.05) is 17.7 Å². The highest BCUT2D eigenvalue weighted by atomic mass is 32.2. The molecule has 2 aromatic carbocycles. The highest BCUT2D eigenvalue weighted by Gasteiger charge is 2.18. The van der Waals surface area contributed by atoms with Crippen LogP contribution < -0.4 is 14.8 Å². The van der Waals surface area contributed by atoms with Crippen molar-refractivity contribution in [3.8, 4) is 11.5 Å². The van der Waals surface area contributed by atoms with E-state index in [0.717, 1.165) is 12.0 Å². The van der Waals surface area contributed by atoms with Crippen molar-refractivity contribution in [3.05, 3.63) is 48.0 Å². The van der Waals surface area contributed by atoms with Gasteiger partial charge in [0.2, 0.25) is 0 Å². The minimum absolute atomic E-state index is 0.146. The standard InChI is InChI=1S/C21H23NO7S/c1-15-3-6-17(7-4-15)30(25,26)12-9-21(24)29-14-20(23)22-16-5-8-18-19(13-16)28-11-2-10-27-18/h3-8,13H,2,9-12,14H2,1H3,(H,22,23).